The Morgan fingerprint density at radius 1 is 1.08 bits per heavy atom. The van der Waals surface area contributed by atoms with Crippen molar-refractivity contribution in [2.75, 3.05) is 21.3 Å². The van der Waals surface area contributed by atoms with E-state index in [1.54, 1.807) is 0 Å². The maximum absolute atomic E-state index is 8.61. The Morgan fingerprint density at radius 3 is 1.75 bits per heavy atom. The van der Waals surface area contributed by atoms with Crippen molar-refractivity contribution in [3.8, 4) is 0 Å². The van der Waals surface area contributed by atoms with Crippen LogP contribution in [0.25, 0.3) is 0 Å². The van der Waals surface area contributed by atoms with Gasteiger partial charge in [0, 0.05) is 33.8 Å². The first-order valence-corrected chi connectivity index (χ1v) is 5.55. The average molecular weight is 196 g/mol. The molecule has 0 rings (SSSR count). The molecule has 0 saturated carbocycles. The summed E-state index contributed by atoms with van der Waals surface area (Å²) in [6, 6.07) is 0.397. The molecule has 0 saturated heterocycles. The van der Waals surface area contributed by atoms with Gasteiger partial charge in [0.05, 0.1) is 0 Å². The fraction of sp³-hybridized carbons (Fsp3) is 1.00. The van der Waals surface area contributed by atoms with Crippen molar-refractivity contribution >= 4 is 8.80 Å². The first-order chi connectivity index (χ1) is 5.60. The maximum atomic E-state index is 8.61. The second-order valence-corrected chi connectivity index (χ2v) is 5.41. The van der Waals surface area contributed by atoms with E-state index >= 15 is 0 Å². The van der Waals surface area contributed by atoms with Crippen LogP contribution >= 0.6 is 0 Å². The van der Waals surface area contributed by atoms with E-state index < -0.39 is 15.1 Å². The van der Waals surface area contributed by atoms with Crippen molar-refractivity contribution in [2.24, 2.45) is 0 Å². The lowest BCUT2D eigenvalue weighted by molar-refractivity contribution is -0.0448. The van der Waals surface area contributed by atoms with Gasteiger partial charge in [-0.2, -0.15) is 0 Å². The summed E-state index contributed by atoms with van der Waals surface area (Å²) in [5.74, 6) is 0. The van der Waals surface area contributed by atoms with E-state index in [9.17, 15) is 0 Å². The Hall–Kier alpha value is 0.0169. The highest BCUT2D eigenvalue weighted by Crippen LogP contribution is 2.15. The largest absolute Gasteiger partial charge is 0.500 e. The van der Waals surface area contributed by atoms with Crippen LogP contribution in [0, 0.1) is 0 Å². The second-order valence-electron chi connectivity index (χ2n) is 2.31. The van der Waals surface area contributed by atoms with Gasteiger partial charge in [-0.15, -0.1) is 0 Å². The van der Waals surface area contributed by atoms with Crippen molar-refractivity contribution < 1.29 is 23.5 Å². The molecular weight excluding hydrogens is 180 g/mol. The van der Waals surface area contributed by atoms with Crippen LogP contribution in [0.3, 0.4) is 0 Å². The van der Waals surface area contributed by atoms with Gasteiger partial charge in [0.2, 0.25) is 0 Å². The Morgan fingerprint density at radius 2 is 1.50 bits per heavy atom. The molecule has 74 valence electrons. The van der Waals surface area contributed by atoms with Gasteiger partial charge in [0.15, 0.2) is 6.29 Å². The van der Waals surface area contributed by atoms with Crippen LogP contribution in [0.5, 0.6) is 0 Å². The zero-order valence-electron chi connectivity index (χ0n) is 7.61. The van der Waals surface area contributed by atoms with E-state index in [1.807, 2.05) is 0 Å². The molecular formula is C6H16O5Si. The number of hydrogen-bond acceptors (Lipinski definition) is 5. The molecule has 0 amide bonds. The molecule has 0 aromatic rings. The highest BCUT2D eigenvalue weighted by molar-refractivity contribution is 6.60. The molecule has 6 heteroatoms. The quantitative estimate of drug-likeness (QED) is 0.445. The minimum absolute atomic E-state index is 0.196. The van der Waals surface area contributed by atoms with E-state index in [0.717, 1.165) is 0 Å². The van der Waals surface area contributed by atoms with Crippen LogP contribution < -0.4 is 0 Å². The third kappa shape index (κ3) is 3.61. The molecule has 0 heterocycles. The summed E-state index contributed by atoms with van der Waals surface area (Å²) in [7, 11) is 1.87. The predicted molar refractivity (Wildman–Crippen MR) is 44.4 cm³/mol. The average Bonchev–Trinajstić information content (AvgIpc) is 2.08. The van der Waals surface area contributed by atoms with Gasteiger partial charge in [0.25, 0.3) is 0 Å². The smallest absolute Gasteiger partial charge is 0.377 e. The summed E-state index contributed by atoms with van der Waals surface area (Å²) in [5, 5.41) is 17.2. The maximum Gasteiger partial charge on any atom is 0.500 e. The predicted octanol–water partition coefficient (Wildman–Crippen LogP) is -0.435. The Kier molecular flexibility index (Phi) is 5.63. The third-order valence-corrected chi connectivity index (χ3v) is 4.41. The molecule has 5 nitrogen and oxygen atoms in total. The lowest BCUT2D eigenvalue weighted by atomic mass is 10.5. The summed E-state index contributed by atoms with van der Waals surface area (Å²) in [4.78, 5) is 0. The lowest BCUT2D eigenvalue weighted by Gasteiger charge is -2.24. The van der Waals surface area contributed by atoms with Crippen molar-refractivity contribution in [3.05, 3.63) is 0 Å². The van der Waals surface area contributed by atoms with Gasteiger partial charge in [0.1, 0.15) is 0 Å². The van der Waals surface area contributed by atoms with Crippen molar-refractivity contribution in [3.63, 3.8) is 0 Å². The highest BCUT2D eigenvalue weighted by atomic mass is 28.4. The minimum atomic E-state index is -2.60. The van der Waals surface area contributed by atoms with Crippen molar-refractivity contribution in [1.82, 2.24) is 0 Å². The Labute approximate surface area is 73.2 Å². The standard InChI is InChI=1S/C6H16O5Si/c1-9-12(10-2,11-3)5-4-6(7)8/h6-8H,4-5H2,1-3H3. The molecule has 0 aliphatic carbocycles. The van der Waals surface area contributed by atoms with Gasteiger partial charge >= 0.3 is 8.80 Å². The summed E-state index contributed by atoms with van der Waals surface area (Å²) < 4.78 is 15.2. The molecule has 2 N–H and O–H groups in total. The summed E-state index contributed by atoms with van der Waals surface area (Å²) in [6.07, 6.45) is -1.14. The van der Waals surface area contributed by atoms with Crippen molar-refractivity contribution in [2.45, 2.75) is 18.8 Å². The minimum Gasteiger partial charge on any atom is -0.377 e. The van der Waals surface area contributed by atoms with Gasteiger partial charge in [-0.25, -0.2) is 0 Å². The fourth-order valence-electron chi connectivity index (χ4n) is 0.862. The third-order valence-electron chi connectivity index (χ3n) is 1.64. The van der Waals surface area contributed by atoms with Crippen LogP contribution in [0.1, 0.15) is 6.42 Å². The lowest BCUT2D eigenvalue weighted by Crippen LogP contribution is -2.43. The SMILES string of the molecule is CO[Si](CCC(O)O)(OC)OC. The topological polar surface area (TPSA) is 68.2 Å². The molecule has 0 aliphatic heterocycles. The van der Waals surface area contributed by atoms with E-state index in [4.69, 9.17) is 23.5 Å². The normalized spacial score (nSPS) is 12.5. The van der Waals surface area contributed by atoms with E-state index in [-0.39, 0.29) is 6.42 Å². The Balaban J connectivity index is 3.93. The van der Waals surface area contributed by atoms with Gasteiger partial charge < -0.3 is 23.5 Å². The van der Waals surface area contributed by atoms with Crippen LogP contribution in [0.4, 0.5) is 0 Å². The van der Waals surface area contributed by atoms with Crippen LogP contribution in [0.2, 0.25) is 6.04 Å². The summed E-state index contributed by atoms with van der Waals surface area (Å²) in [6.45, 7) is 0. The first-order valence-electron chi connectivity index (χ1n) is 3.62. The molecule has 0 atom stereocenters. The summed E-state index contributed by atoms with van der Waals surface area (Å²) >= 11 is 0. The highest BCUT2D eigenvalue weighted by Gasteiger charge is 2.37. The van der Waals surface area contributed by atoms with Gasteiger partial charge in [-0.05, 0) is 0 Å². The molecule has 0 aromatic carbocycles. The number of aliphatic hydroxyl groups is 2. The molecule has 0 aromatic heterocycles. The zero-order chi connectivity index (χ0) is 9.61. The van der Waals surface area contributed by atoms with Crippen LogP contribution in [-0.4, -0.2) is 46.6 Å². The molecule has 0 fully saturated rings. The van der Waals surface area contributed by atoms with Crippen LogP contribution in [0.15, 0.2) is 0 Å². The summed E-state index contributed by atoms with van der Waals surface area (Å²) in [5.41, 5.74) is 0. The molecule has 12 heavy (non-hydrogen) atoms. The van der Waals surface area contributed by atoms with E-state index in [1.165, 1.54) is 21.3 Å². The van der Waals surface area contributed by atoms with E-state index in [2.05, 4.69) is 0 Å². The van der Waals surface area contributed by atoms with Crippen LogP contribution in [-0.2, 0) is 13.3 Å². The second kappa shape index (κ2) is 5.63. The molecule has 0 unspecified atom stereocenters. The molecule has 0 radical (unpaired) electrons. The van der Waals surface area contributed by atoms with E-state index in [0.29, 0.717) is 6.04 Å². The first kappa shape index (κ1) is 12.0. The number of hydrogen-bond donors (Lipinski definition) is 2. The number of rotatable bonds is 6. The molecule has 0 bridgehead atoms. The molecule has 0 aliphatic rings. The molecule has 0 spiro atoms. The number of aliphatic hydroxyl groups excluding tert-OH is 1. The monoisotopic (exact) mass is 196 g/mol. The van der Waals surface area contributed by atoms with Gasteiger partial charge in [-0.3, -0.25) is 0 Å². The van der Waals surface area contributed by atoms with Crippen molar-refractivity contribution in [1.29, 1.82) is 0 Å². The van der Waals surface area contributed by atoms with Gasteiger partial charge in [-0.1, -0.05) is 0 Å². The zero-order valence-corrected chi connectivity index (χ0v) is 8.61. The fourth-order valence-corrected chi connectivity index (χ4v) is 2.59. The Bertz CT molecular complexity index is 106.